The molecule has 1 aliphatic carbocycles. The van der Waals surface area contributed by atoms with Crippen LogP contribution in [0.5, 0.6) is 0 Å². The SMILES string of the molecule is CC[C@H]1C(F)CC(O)[C@@H]1C/C=C\OC. The largest absolute Gasteiger partial charge is 0.505 e. The highest BCUT2D eigenvalue weighted by atomic mass is 19.1. The van der Waals surface area contributed by atoms with E-state index in [9.17, 15) is 9.50 Å². The number of aliphatic hydroxyl groups is 1. The summed E-state index contributed by atoms with van der Waals surface area (Å²) in [4.78, 5) is 0. The number of allylic oxidation sites excluding steroid dienone is 1. The summed E-state index contributed by atoms with van der Waals surface area (Å²) in [5, 5.41) is 9.65. The molecule has 1 fully saturated rings. The fourth-order valence-corrected chi connectivity index (χ4v) is 2.33. The highest BCUT2D eigenvalue weighted by molar-refractivity contribution is 4.94. The number of hydrogen-bond acceptors (Lipinski definition) is 2. The molecule has 2 unspecified atom stereocenters. The molecule has 1 rings (SSSR count). The van der Waals surface area contributed by atoms with E-state index in [1.165, 1.54) is 0 Å². The first-order valence-corrected chi connectivity index (χ1v) is 5.20. The van der Waals surface area contributed by atoms with Crippen molar-refractivity contribution in [3.63, 3.8) is 0 Å². The predicted octanol–water partition coefficient (Wildman–Crippen LogP) is 2.28. The summed E-state index contributed by atoms with van der Waals surface area (Å²) in [5.41, 5.74) is 0. The zero-order valence-electron chi connectivity index (χ0n) is 8.82. The van der Waals surface area contributed by atoms with E-state index in [2.05, 4.69) is 0 Å². The van der Waals surface area contributed by atoms with Crippen molar-refractivity contribution in [1.82, 2.24) is 0 Å². The molecular formula is C11H19FO2. The zero-order valence-corrected chi connectivity index (χ0v) is 8.82. The predicted molar refractivity (Wildman–Crippen MR) is 53.6 cm³/mol. The van der Waals surface area contributed by atoms with Crippen molar-refractivity contribution >= 4 is 0 Å². The molecule has 0 radical (unpaired) electrons. The van der Waals surface area contributed by atoms with E-state index in [1.807, 2.05) is 13.0 Å². The Morgan fingerprint density at radius 1 is 1.50 bits per heavy atom. The van der Waals surface area contributed by atoms with Gasteiger partial charge in [0.1, 0.15) is 6.17 Å². The van der Waals surface area contributed by atoms with Gasteiger partial charge in [-0.3, -0.25) is 0 Å². The molecule has 82 valence electrons. The maximum atomic E-state index is 13.4. The smallest absolute Gasteiger partial charge is 0.106 e. The second kappa shape index (κ2) is 5.35. The molecular weight excluding hydrogens is 183 g/mol. The van der Waals surface area contributed by atoms with E-state index in [0.717, 1.165) is 6.42 Å². The molecule has 0 aromatic rings. The number of halogens is 1. The van der Waals surface area contributed by atoms with Gasteiger partial charge in [0.15, 0.2) is 0 Å². The summed E-state index contributed by atoms with van der Waals surface area (Å²) < 4.78 is 18.2. The first-order chi connectivity index (χ1) is 6.70. The lowest BCUT2D eigenvalue weighted by Crippen LogP contribution is -2.19. The van der Waals surface area contributed by atoms with E-state index < -0.39 is 12.3 Å². The van der Waals surface area contributed by atoms with Crippen molar-refractivity contribution in [3.05, 3.63) is 12.3 Å². The maximum absolute atomic E-state index is 13.4. The van der Waals surface area contributed by atoms with Crippen LogP contribution in [0.4, 0.5) is 4.39 Å². The summed E-state index contributed by atoms with van der Waals surface area (Å²) in [7, 11) is 1.58. The molecule has 0 aliphatic heterocycles. The average Bonchev–Trinajstić information content (AvgIpc) is 2.42. The summed E-state index contributed by atoms with van der Waals surface area (Å²) in [6.07, 6.45) is 3.91. The van der Waals surface area contributed by atoms with Crippen LogP contribution in [0.2, 0.25) is 0 Å². The standard InChI is InChI=1S/C11H19FO2/c1-3-8-9(5-4-6-14-2)11(13)7-10(8)12/h4,6,8-11,13H,3,5,7H2,1-2H3/b6-4-/t8-,9-,10?,11?/m1/s1. The number of ether oxygens (including phenoxy) is 1. The molecule has 0 aromatic heterocycles. The number of aliphatic hydroxyl groups excluding tert-OH is 1. The quantitative estimate of drug-likeness (QED) is 0.709. The van der Waals surface area contributed by atoms with Gasteiger partial charge in [-0.25, -0.2) is 4.39 Å². The van der Waals surface area contributed by atoms with Crippen LogP contribution in [0.25, 0.3) is 0 Å². The van der Waals surface area contributed by atoms with E-state index in [4.69, 9.17) is 4.74 Å². The molecule has 14 heavy (non-hydrogen) atoms. The van der Waals surface area contributed by atoms with E-state index in [1.54, 1.807) is 13.4 Å². The van der Waals surface area contributed by atoms with Crippen LogP contribution in [0, 0.1) is 11.8 Å². The Balaban J connectivity index is 2.51. The Morgan fingerprint density at radius 2 is 2.21 bits per heavy atom. The Kier molecular flexibility index (Phi) is 4.39. The lowest BCUT2D eigenvalue weighted by molar-refractivity contribution is 0.117. The Bertz CT molecular complexity index is 194. The fourth-order valence-electron chi connectivity index (χ4n) is 2.33. The van der Waals surface area contributed by atoms with Crippen LogP contribution in [0.1, 0.15) is 26.2 Å². The molecule has 2 nitrogen and oxygen atoms in total. The zero-order chi connectivity index (χ0) is 10.6. The first kappa shape index (κ1) is 11.5. The third kappa shape index (κ3) is 2.47. The van der Waals surface area contributed by atoms with Crippen LogP contribution in [-0.4, -0.2) is 24.5 Å². The van der Waals surface area contributed by atoms with Gasteiger partial charge in [0, 0.05) is 6.42 Å². The summed E-state index contributed by atoms with van der Waals surface area (Å²) >= 11 is 0. The van der Waals surface area contributed by atoms with Crippen molar-refractivity contribution in [2.75, 3.05) is 7.11 Å². The molecule has 1 N–H and O–H groups in total. The highest BCUT2D eigenvalue weighted by Gasteiger charge is 2.40. The number of rotatable bonds is 4. The first-order valence-electron chi connectivity index (χ1n) is 5.20. The van der Waals surface area contributed by atoms with E-state index >= 15 is 0 Å². The lowest BCUT2D eigenvalue weighted by Gasteiger charge is -2.19. The maximum Gasteiger partial charge on any atom is 0.106 e. The van der Waals surface area contributed by atoms with Gasteiger partial charge in [0.2, 0.25) is 0 Å². The third-order valence-electron chi connectivity index (χ3n) is 3.09. The lowest BCUT2D eigenvalue weighted by atomic mass is 9.89. The minimum Gasteiger partial charge on any atom is -0.505 e. The third-order valence-corrected chi connectivity index (χ3v) is 3.09. The van der Waals surface area contributed by atoms with Gasteiger partial charge in [0.05, 0.1) is 19.5 Å². The van der Waals surface area contributed by atoms with Crippen LogP contribution in [-0.2, 0) is 4.74 Å². The molecule has 0 heterocycles. The number of methoxy groups -OCH3 is 1. The molecule has 0 bridgehead atoms. The molecule has 0 spiro atoms. The molecule has 0 aromatic carbocycles. The minimum absolute atomic E-state index is 0.00602. The Labute approximate surface area is 84.8 Å². The summed E-state index contributed by atoms with van der Waals surface area (Å²) in [6.45, 7) is 1.97. The van der Waals surface area contributed by atoms with Crippen LogP contribution < -0.4 is 0 Å². The number of hydrogen-bond donors (Lipinski definition) is 1. The monoisotopic (exact) mass is 202 g/mol. The van der Waals surface area contributed by atoms with Gasteiger partial charge in [-0.1, -0.05) is 13.3 Å². The van der Waals surface area contributed by atoms with Gasteiger partial charge >= 0.3 is 0 Å². The topological polar surface area (TPSA) is 29.5 Å². The summed E-state index contributed by atoms with van der Waals surface area (Å²) in [6, 6.07) is 0. The molecule has 1 aliphatic rings. The van der Waals surface area contributed by atoms with Crippen LogP contribution in [0.15, 0.2) is 12.3 Å². The highest BCUT2D eigenvalue weighted by Crippen LogP contribution is 2.38. The second-order valence-corrected chi connectivity index (χ2v) is 3.90. The van der Waals surface area contributed by atoms with Gasteiger partial charge in [-0.05, 0) is 24.3 Å². The van der Waals surface area contributed by atoms with E-state index in [-0.39, 0.29) is 11.8 Å². The van der Waals surface area contributed by atoms with Crippen molar-refractivity contribution in [2.24, 2.45) is 11.8 Å². The van der Waals surface area contributed by atoms with E-state index in [0.29, 0.717) is 12.8 Å². The van der Waals surface area contributed by atoms with Gasteiger partial charge in [-0.15, -0.1) is 0 Å². The number of alkyl halides is 1. The van der Waals surface area contributed by atoms with Crippen molar-refractivity contribution in [3.8, 4) is 0 Å². The Hall–Kier alpha value is -0.570. The molecule has 0 amide bonds. The van der Waals surface area contributed by atoms with Crippen molar-refractivity contribution in [2.45, 2.75) is 38.5 Å². The fraction of sp³-hybridized carbons (Fsp3) is 0.818. The average molecular weight is 202 g/mol. The van der Waals surface area contributed by atoms with Gasteiger partial charge in [-0.2, -0.15) is 0 Å². The van der Waals surface area contributed by atoms with Crippen LogP contribution in [0.3, 0.4) is 0 Å². The molecule has 1 saturated carbocycles. The molecule has 4 atom stereocenters. The van der Waals surface area contributed by atoms with Crippen molar-refractivity contribution in [1.29, 1.82) is 0 Å². The molecule has 3 heteroatoms. The normalized spacial score (nSPS) is 38.0. The second-order valence-electron chi connectivity index (χ2n) is 3.90. The van der Waals surface area contributed by atoms with Crippen LogP contribution >= 0.6 is 0 Å². The summed E-state index contributed by atoms with van der Waals surface area (Å²) in [5.74, 6) is 0.0629. The minimum atomic E-state index is -0.837. The van der Waals surface area contributed by atoms with Gasteiger partial charge < -0.3 is 9.84 Å². The molecule has 0 saturated heterocycles. The van der Waals surface area contributed by atoms with Crippen molar-refractivity contribution < 1.29 is 14.2 Å². The Morgan fingerprint density at radius 3 is 2.79 bits per heavy atom. The van der Waals surface area contributed by atoms with Gasteiger partial charge in [0.25, 0.3) is 0 Å².